The summed E-state index contributed by atoms with van der Waals surface area (Å²) in [4.78, 5) is 12.0. The molecule has 7 nitrogen and oxygen atoms in total. The maximum atomic E-state index is 12.0. The maximum Gasteiger partial charge on any atom is 0.322 e. The van der Waals surface area contributed by atoms with Crippen LogP contribution in [0, 0.1) is 0 Å². The molecule has 1 amide bonds. The highest BCUT2D eigenvalue weighted by Crippen LogP contribution is 2.33. The van der Waals surface area contributed by atoms with E-state index in [9.17, 15) is 4.79 Å². The molecule has 4 rings (SSSR count). The van der Waals surface area contributed by atoms with E-state index < -0.39 is 0 Å². The molecule has 7 heteroatoms. The van der Waals surface area contributed by atoms with E-state index in [0.29, 0.717) is 23.7 Å². The molecule has 0 bridgehead atoms. The van der Waals surface area contributed by atoms with Crippen LogP contribution in [0.5, 0.6) is 5.75 Å². The third-order valence-electron chi connectivity index (χ3n) is 3.90. The third-order valence-corrected chi connectivity index (χ3v) is 3.90. The normalized spacial score (nSPS) is 11.2. The topological polar surface area (TPSA) is 90.4 Å². The molecule has 140 valence electrons. The van der Waals surface area contributed by atoms with Crippen molar-refractivity contribution >= 4 is 29.0 Å². The smallest absolute Gasteiger partial charge is 0.322 e. The fourth-order valence-electron chi connectivity index (χ4n) is 2.67. The minimum Gasteiger partial charge on any atom is -0.490 e. The molecule has 1 N–H and O–H groups in total. The van der Waals surface area contributed by atoms with Crippen molar-refractivity contribution in [1.29, 1.82) is 0 Å². The maximum absolute atomic E-state index is 12.0. The molecule has 0 aliphatic rings. The number of furan rings is 1. The van der Waals surface area contributed by atoms with E-state index in [1.165, 1.54) is 6.08 Å². The summed E-state index contributed by atoms with van der Waals surface area (Å²) in [5, 5.41) is 11.2. The number of carbonyl (C=O) groups excluding carboxylic acids is 1. The third kappa shape index (κ3) is 3.78. The first kappa shape index (κ1) is 17.5. The Labute approximate surface area is 160 Å². The predicted molar refractivity (Wildman–Crippen MR) is 105 cm³/mol. The second-order valence-corrected chi connectivity index (χ2v) is 5.86. The molecule has 28 heavy (non-hydrogen) atoms. The molecule has 2 heterocycles. The molecular weight excluding hydrogens is 358 g/mol. The molecule has 0 unspecified atom stereocenters. The van der Waals surface area contributed by atoms with Gasteiger partial charge >= 0.3 is 6.01 Å². The fourth-order valence-corrected chi connectivity index (χ4v) is 2.67. The summed E-state index contributed by atoms with van der Waals surface area (Å²) < 4.78 is 16.9. The first-order valence-electron chi connectivity index (χ1n) is 8.76. The van der Waals surface area contributed by atoms with Gasteiger partial charge in [0.15, 0.2) is 17.1 Å². The molecule has 0 saturated heterocycles. The predicted octanol–water partition coefficient (Wildman–Crippen LogP) is 4.53. The summed E-state index contributed by atoms with van der Waals surface area (Å²) in [6.45, 7) is 2.43. The molecule has 0 spiro atoms. The van der Waals surface area contributed by atoms with Crippen LogP contribution in [-0.4, -0.2) is 22.7 Å². The Morgan fingerprint density at radius 3 is 2.79 bits per heavy atom. The van der Waals surface area contributed by atoms with Crippen molar-refractivity contribution < 1.29 is 18.4 Å². The van der Waals surface area contributed by atoms with Gasteiger partial charge in [-0.3, -0.25) is 10.1 Å². The summed E-state index contributed by atoms with van der Waals surface area (Å²) in [7, 11) is 0. The van der Waals surface area contributed by atoms with Gasteiger partial charge in [-0.05, 0) is 30.7 Å². The number of benzene rings is 2. The largest absolute Gasteiger partial charge is 0.490 e. The summed E-state index contributed by atoms with van der Waals surface area (Å²) in [6, 6.07) is 16.9. The molecule has 2 aromatic carbocycles. The highest BCUT2D eigenvalue weighted by atomic mass is 16.5. The van der Waals surface area contributed by atoms with Crippen molar-refractivity contribution in [2.75, 3.05) is 11.9 Å². The quantitative estimate of drug-likeness (QED) is 0.498. The Kier molecular flexibility index (Phi) is 4.88. The van der Waals surface area contributed by atoms with Gasteiger partial charge in [0, 0.05) is 11.5 Å². The second kappa shape index (κ2) is 7.79. The lowest BCUT2D eigenvalue weighted by atomic mass is 10.2. The molecule has 0 saturated carbocycles. The number of hydrogen-bond donors (Lipinski definition) is 1. The van der Waals surface area contributed by atoms with Crippen LogP contribution in [0.2, 0.25) is 0 Å². The van der Waals surface area contributed by atoms with Crippen molar-refractivity contribution in [2.24, 2.45) is 0 Å². The van der Waals surface area contributed by atoms with Gasteiger partial charge in [-0.25, -0.2) is 0 Å². The van der Waals surface area contributed by atoms with Crippen molar-refractivity contribution in [3.05, 3.63) is 66.2 Å². The van der Waals surface area contributed by atoms with E-state index >= 15 is 0 Å². The summed E-state index contributed by atoms with van der Waals surface area (Å²) in [5.41, 5.74) is 1.52. The Morgan fingerprint density at radius 2 is 1.96 bits per heavy atom. The number of fused-ring (bicyclic) bond motifs is 1. The zero-order valence-corrected chi connectivity index (χ0v) is 15.1. The number of hydrogen-bond acceptors (Lipinski definition) is 6. The van der Waals surface area contributed by atoms with Gasteiger partial charge in [-0.2, -0.15) is 0 Å². The van der Waals surface area contributed by atoms with E-state index in [0.717, 1.165) is 10.9 Å². The minimum absolute atomic E-state index is 0.0109. The van der Waals surface area contributed by atoms with Crippen LogP contribution in [-0.2, 0) is 4.79 Å². The van der Waals surface area contributed by atoms with Crippen LogP contribution in [0.15, 0.2) is 69.5 Å². The van der Waals surface area contributed by atoms with Gasteiger partial charge in [-0.1, -0.05) is 47.6 Å². The van der Waals surface area contributed by atoms with Gasteiger partial charge in [0.1, 0.15) is 0 Å². The Hall–Kier alpha value is -3.87. The van der Waals surface area contributed by atoms with Crippen LogP contribution in [0.1, 0.15) is 12.5 Å². The van der Waals surface area contributed by atoms with Crippen LogP contribution in [0.3, 0.4) is 0 Å². The Balaban J connectivity index is 1.50. The molecular formula is C21H17N3O4. The fraction of sp³-hybridized carbons (Fsp3) is 0.0952. The standard InChI is InChI=1S/C21H17N3O4/c1-2-26-16-10-6-9-15-13-17(27-19(15)16)20-23-24-21(28-20)22-18(25)12-11-14-7-4-3-5-8-14/h3-13H,2H2,1H3,(H,22,24,25)/b12-11+. The number of ether oxygens (including phenoxy) is 1. The summed E-state index contributed by atoms with van der Waals surface area (Å²) in [5.74, 6) is 0.837. The number of nitrogens with zero attached hydrogens (tertiary/aromatic N) is 2. The first-order valence-corrected chi connectivity index (χ1v) is 8.76. The van der Waals surface area contributed by atoms with Crippen LogP contribution in [0.4, 0.5) is 6.01 Å². The van der Waals surface area contributed by atoms with Crippen LogP contribution in [0.25, 0.3) is 28.7 Å². The van der Waals surface area contributed by atoms with E-state index in [1.807, 2.05) is 55.5 Å². The Bertz CT molecular complexity index is 1130. The molecule has 0 aliphatic heterocycles. The van der Waals surface area contributed by atoms with Crippen molar-refractivity contribution in [1.82, 2.24) is 10.2 Å². The molecule has 0 fully saturated rings. The highest BCUT2D eigenvalue weighted by molar-refractivity contribution is 6.00. The zero-order valence-electron chi connectivity index (χ0n) is 15.1. The van der Waals surface area contributed by atoms with Crippen molar-refractivity contribution in [2.45, 2.75) is 6.92 Å². The first-order chi connectivity index (χ1) is 13.7. The molecule has 0 atom stereocenters. The van der Waals surface area contributed by atoms with Crippen LogP contribution < -0.4 is 10.1 Å². The average Bonchev–Trinajstić information content (AvgIpc) is 3.35. The monoisotopic (exact) mass is 375 g/mol. The van der Waals surface area contributed by atoms with E-state index in [-0.39, 0.29) is 17.8 Å². The van der Waals surface area contributed by atoms with Crippen molar-refractivity contribution in [3.63, 3.8) is 0 Å². The van der Waals surface area contributed by atoms with Gasteiger partial charge in [0.2, 0.25) is 0 Å². The lowest BCUT2D eigenvalue weighted by Crippen LogP contribution is -2.07. The van der Waals surface area contributed by atoms with Gasteiger partial charge in [0.25, 0.3) is 11.8 Å². The average molecular weight is 375 g/mol. The molecule has 2 aromatic heterocycles. The van der Waals surface area contributed by atoms with Crippen molar-refractivity contribution in [3.8, 4) is 17.4 Å². The number of rotatable bonds is 6. The number of anilines is 1. The number of nitrogens with one attached hydrogen (secondary N) is 1. The summed E-state index contributed by atoms with van der Waals surface area (Å²) >= 11 is 0. The number of carbonyl (C=O) groups is 1. The van der Waals surface area contributed by atoms with Gasteiger partial charge < -0.3 is 13.6 Å². The van der Waals surface area contributed by atoms with E-state index in [2.05, 4.69) is 15.5 Å². The van der Waals surface area contributed by atoms with Crippen LogP contribution >= 0.6 is 0 Å². The molecule has 4 aromatic rings. The Morgan fingerprint density at radius 1 is 1.11 bits per heavy atom. The van der Waals surface area contributed by atoms with E-state index in [4.69, 9.17) is 13.6 Å². The van der Waals surface area contributed by atoms with E-state index in [1.54, 1.807) is 12.1 Å². The number of aromatic nitrogens is 2. The SMILES string of the molecule is CCOc1cccc2cc(-c3nnc(NC(=O)/C=C/c4ccccc4)o3)oc12. The second-order valence-electron chi connectivity index (χ2n) is 5.86. The van der Waals surface area contributed by atoms with Gasteiger partial charge in [-0.15, -0.1) is 5.10 Å². The minimum atomic E-state index is -0.373. The number of para-hydroxylation sites is 1. The highest BCUT2D eigenvalue weighted by Gasteiger charge is 2.16. The number of amides is 1. The molecule has 0 aliphatic carbocycles. The lowest BCUT2D eigenvalue weighted by Gasteiger charge is -2.01. The molecule has 0 radical (unpaired) electrons. The van der Waals surface area contributed by atoms with Gasteiger partial charge in [0.05, 0.1) is 6.61 Å². The lowest BCUT2D eigenvalue weighted by molar-refractivity contribution is -0.112. The zero-order chi connectivity index (χ0) is 19.3. The summed E-state index contributed by atoms with van der Waals surface area (Å²) in [6.07, 6.45) is 3.09.